The second kappa shape index (κ2) is 20.2. The summed E-state index contributed by atoms with van der Waals surface area (Å²) in [5, 5.41) is 13.9. The highest BCUT2D eigenvalue weighted by Crippen LogP contribution is 2.40. The predicted molar refractivity (Wildman–Crippen MR) is 274 cm³/mol. The van der Waals surface area contributed by atoms with Crippen LogP contribution >= 0.6 is 0 Å². The van der Waals surface area contributed by atoms with Gasteiger partial charge in [-0.3, -0.25) is 10.1 Å². The van der Waals surface area contributed by atoms with Gasteiger partial charge in [-0.15, -0.1) is 0 Å². The number of hydrogen-bond acceptors (Lipinski definition) is 12. The average molecular weight is 993 g/mol. The number of nitro groups is 1. The number of hydrogen-bond donors (Lipinski definition) is 0. The monoisotopic (exact) mass is 992 g/mol. The molecule has 2 amide bonds. The minimum atomic E-state index is -4.57. The van der Waals surface area contributed by atoms with Crippen molar-refractivity contribution >= 4 is 76.5 Å². The second-order valence-electron chi connectivity index (χ2n) is 19.3. The van der Waals surface area contributed by atoms with Gasteiger partial charge in [-0.05, 0) is 104 Å². The third-order valence-electron chi connectivity index (χ3n) is 11.8. The van der Waals surface area contributed by atoms with E-state index in [1.807, 2.05) is 79.7 Å². The highest BCUT2D eigenvalue weighted by Gasteiger charge is 2.39. The molecule has 0 saturated carbocycles. The number of aryl methyl sites for hydroxylation is 2. The lowest BCUT2D eigenvalue weighted by atomic mass is 10.1. The molecule has 0 aromatic heterocycles. The zero-order chi connectivity index (χ0) is 50.8. The van der Waals surface area contributed by atoms with E-state index >= 15 is 0 Å². The molecule has 2 heterocycles. The number of fused-ring (bicyclic) bond motifs is 2. The topological polar surface area (TPSA) is 180 Å². The molecule has 0 radical (unpaired) electrons. The summed E-state index contributed by atoms with van der Waals surface area (Å²) >= 11 is 0. The summed E-state index contributed by atoms with van der Waals surface area (Å²) in [5.41, 5.74) is 2.49. The number of carbonyl (C=O) groups is 2. The molecule has 70 heavy (non-hydrogen) atoms. The molecule has 18 heteroatoms. The Morgan fingerprint density at radius 1 is 0.514 bits per heavy atom. The van der Waals surface area contributed by atoms with Gasteiger partial charge in [0, 0.05) is 86.0 Å². The first-order chi connectivity index (χ1) is 32.9. The fraction of sp³-hybridized carbons (Fsp3) is 0.346. The van der Waals surface area contributed by atoms with Gasteiger partial charge in [-0.25, -0.2) is 26.4 Å². The van der Waals surface area contributed by atoms with Gasteiger partial charge >= 0.3 is 12.2 Å². The number of amides is 2. The van der Waals surface area contributed by atoms with E-state index in [0.717, 1.165) is 27.9 Å². The normalized spacial score (nSPS) is 14.7. The van der Waals surface area contributed by atoms with Crippen LogP contribution in [-0.4, -0.2) is 107 Å². The molecule has 6 aromatic carbocycles. The lowest BCUT2D eigenvalue weighted by molar-refractivity contribution is -0.383. The van der Waals surface area contributed by atoms with Crippen molar-refractivity contribution in [3.05, 3.63) is 143 Å². The Morgan fingerprint density at radius 2 is 0.871 bits per heavy atom. The molecule has 6 aromatic rings. The van der Waals surface area contributed by atoms with E-state index in [1.165, 1.54) is 24.3 Å². The Kier molecular flexibility index (Phi) is 14.7. The molecule has 2 fully saturated rings. The molecule has 0 atom stereocenters. The van der Waals surface area contributed by atoms with Crippen LogP contribution in [0.15, 0.2) is 131 Å². The van der Waals surface area contributed by atoms with Crippen molar-refractivity contribution < 1.29 is 40.8 Å². The van der Waals surface area contributed by atoms with Gasteiger partial charge in [-0.1, -0.05) is 77.9 Å². The SMILES string of the molecule is CC(C)(C)OC(=O)N1CCN(c2ccc([N+](=O)[O-])c3ccccc23)CC1.Cc1ccc(S(=O)(=O)N(c2ccc(N3CCN(C(=O)OC(C)(C)C)CC3)c3ccccc23)S(=O)(=O)c2ccc(C)cc2)cc1. The number of carbonyl (C=O) groups excluding carboxylic acids is 2. The van der Waals surface area contributed by atoms with Crippen molar-refractivity contribution in [3.63, 3.8) is 0 Å². The lowest BCUT2D eigenvalue weighted by Gasteiger charge is -2.37. The minimum Gasteiger partial charge on any atom is -0.444 e. The Labute approximate surface area is 410 Å². The summed E-state index contributed by atoms with van der Waals surface area (Å²) in [6.45, 7) is 19.1. The molecule has 0 unspecified atom stereocenters. The smallest absolute Gasteiger partial charge is 0.410 e. The predicted octanol–water partition coefficient (Wildman–Crippen LogP) is 9.90. The summed E-state index contributed by atoms with van der Waals surface area (Å²) in [4.78, 5) is 43.1. The number of benzene rings is 6. The maximum absolute atomic E-state index is 14.2. The van der Waals surface area contributed by atoms with Crippen LogP contribution in [0, 0.1) is 24.0 Å². The van der Waals surface area contributed by atoms with E-state index in [0.29, 0.717) is 72.2 Å². The fourth-order valence-corrected chi connectivity index (χ4v) is 12.0. The second-order valence-corrected chi connectivity index (χ2v) is 23.1. The van der Waals surface area contributed by atoms with Crippen molar-refractivity contribution in [3.8, 4) is 0 Å². The average Bonchev–Trinajstić information content (AvgIpc) is 3.30. The number of rotatable bonds is 8. The highest BCUT2D eigenvalue weighted by atomic mass is 32.3. The molecule has 370 valence electrons. The number of ether oxygens (including phenoxy) is 2. The molecule has 0 bridgehead atoms. The standard InChI is InChI=1S/C33H37N3O6S2.C19H23N3O4/c1-24-10-14-26(15-11-24)43(38,39)36(44(40,41)27-16-12-25(2)13-17-27)31-19-18-30(28-8-6-7-9-29(28)31)34-20-22-35(23-21-34)32(37)42-33(3,4)5;1-19(2,3)26-18(23)21-12-10-20(11-13-21)16-8-9-17(22(24)25)15-7-5-4-6-14(15)16/h6-19H,20-23H2,1-5H3;4-9H,10-13H2,1-3H3. The first-order valence-corrected chi connectivity index (χ1v) is 25.9. The minimum absolute atomic E-state index is 0.0258. The molecule has 0 aliphatic carbocycles. The van der Waals surface area contributed by atoms with E-state index in [2.05, 4.69) is 9.80 Å². The van der Waals surface area contributed by atoms with Crippen molar-refractivity contribution in [2.45, 2.75) is 76.4 Å². The Morgan fingerprint density at radius 3 is 1.26 bits per heavy atom. The number of nitro benzene ring substituents is 1. The van der Waals surface area contributed by atoms with Crippen LogP contribution in [0.25, 0.3) is 21.5 Å². The molecule has 2 saturated heterocycles. The van der Waals surface area contributed by atoms with Gasteiger partial charge in [0.05, 0.1) is 25.8 Å². The van der Waals surface area contributed by atoms with E-state index in [4.69, 9.17) is 9.47 Å². The number of nitrogens with zero attached hydrogens (tertiary/aromatic N) is 6. The van der Waals surface area contributed by atoms with Crippen molar-refractivity contribution in [1.29, 1.82) is 0 Å². The molecular formula is C52H60N6O10S2. The van der Waals surface area contributed by atoms with Gasteiger partial charge in [0.2, 0.25) is 0 Å². The molecule has 0 spiro atoms. The number of non-ortho nitro benzene ring substituents is 1. The third kappa shape index (κ3) is 11.4. The van der Waals surface area contributed by atoms with Crippen LogP contribution in [-0.2, 0) is 29.5 Å². The Bertz CT molecular complexity index is 3040. The van der Waals surface area contributed by atoms with Crippen LogP contribution in [0.5, 0.6) is 0 Å². The van der Waals surface area contributed by atoms with Gasteiger partial charge in [0.15, 0.2) is 0 Å². The number of anilines is 3. The van der Waals surface area contributed by atoms with E-state index in [1.54, 1.807) is 82.6 Å². The van der Waals surface area contributed by atoms with Crippen LogP contribution in [0.2, 0.25) is 0 Å². The zero-order valence-corrected chi connectivity index (χ0v) is 42.4. The van der Waals surface area contributed by atoms with Gasteiger partial charge in [0.25, 0.3) is 25.7 Å². The van der Waals surface area contributed by atoms with E-state index in [9.17, 15) is 36.5 Å². The lowest BCUT2D eigenvalue weighted by Crippen LogP contribution is -2.50. The van der Waals surface area contributed by atoms with Gasteiger partial charge in [0.1, 0.15) is 11.2 Å². The maximum Gasteiger partial charge on any atom is 0.410 e. The first kappa shape index (κ1) is 50.9. The summed E-state index contributed by atoms with van der Waals surface area (Å²) in [6.07, 6.45) is -0.665. The van der Waals surface area contributed by atoms with Crippen molar-refractivity contribution in [2.24, 2.45) is 0 Å². The quantitative estimate of drug-likeness (QED) is 0.104. The van der Waals surface area contributed by atoms with Gasteiger partial charge < -0.3 is 29.1 Å². The number of piperazine rings is 2. The summed E-state index contributed by atoms with van der Waals surface area (Å²) in [6, 6.07) is 33.4. The summed E-state index contributed by atoms with van der Waals surface area (Å²) in [5.74, 6) is 0. The van der Waals surface area contributed by atoms with Crippen molar-refractivity contribution in [2.75, 3.05) is 65.9 Å². The number of sulfonamides is 2. The third-order valence-corrected chi connectivity index (χ3v) is 15.9. The summed E-state index contributed by atoms with van der Waals surface area (Å²) in [7, 11) is -9.15. The van der Waals surface area contributed by atoms with Gasteiger partial charge in [-0.2, -0.15) is 3.71 Å². The Hall–Kier alpha value is -6.92. The zero-order valence-electron chi connectivity index (χ0n) is 40.8. The Balaban J connectivity index is 0.000000236. The maximum atomic E-state index is 14.2. The van der Waals surface area contributed by atoms with Crippen LogP contribution in [0.4, 0.5) is 32.3 Å². The molecule has 2 aliphatic heterocycles. The van der Waals surface area contributed by atoms with Crippen LogP contribution < -0.4 is 13.5 Å². The molecule has 8 rings (SSSR count). The fourth-order valence-electron chi connectivity index (χ4n) is 8.32. The summed E-state index contributed by atoms with van der Waals surface area (Å²) < 4.78 is 68.5. The largest absolute Gasteiger partial charge is 0.444 e. The van der Waals surface area contributed by atoms with E-state index < -0.39 is 31.2 Å². The first-order valence-electron chi connectivity index (χ1n) is 23.0. The van der Waals surface area contributed by atoms with E-state index in [-0.39, 0.29) is 38.3 Å². The molecule has 2 aliphatic rings. The van der Waals surface area contributed by atoms with Crippen LogP contribution in [0.1, 0.15) is 52.7 Å². The molecule has 0 N–H and O–H groups in total. The highest BCUT2D eigenvalue weighted by molar-refractivity contribution is 8.10. The van der Waals surface area contributed by atoms with Crippen molar-refractivity contribution in [1.82, 2.24) is 9.80 Å². The molecular weight excluding hydrogens is 933 g/mol. The molecule has 16 nitrogen and oxygen atoms in total. The van der Waals surface area contributed by atoms with Crippen LogP contribution in [0.3, 0.4) is 0 Å².